The highest BCUT2D eigenvalue weighted by molar-refractivity contribution is 5.80. The number of amides is 1. The smallest absolute Gasteiger partial charge is 0.396 e. The lowest BCUT2D eigenvalue weighted by molar-refractivity contribution is -0.274. The summed E-state index contributed by atoms with van der Waals surface area (Å²) in [5.41, 5.74) is 0. The van der Waals surface area contributed by atoms with Gasteiger partial charge in [-0.3, -0.25) is 4.79 Å². The molecule has 0 aromatic heterocycles. The zero-order valence-electron chi connectivity index (χ0n) is 9.56. The summed E-state index contributed by atoms with van der Waals surface area (Å²) in [5, 5.41) is 10.3. The third-order valence-electron chi connectivity index (χ3n) is 2.43. The summed E-state index contributed by atoms with van der Waals surface area (Å²) in [6, 6.07) is -1.00. The first-order chi connectivity index (χ1) is 7.91. The zero-order chi connectivity index (χ0) is 14.7. The van der Waals surface area contributed by atoms with Gasteiger partial charge in [0.05, 0.1) is 0 Å². The van der Waals surface area contributed by atoms with Crippen LogP contribution in [-0.4, -0.2) is 36.0 Å². The summed E-state index contributed by atoms with van der Waals surface area (Å²) in [4.78, 5) is 11.0. The van der Waals surface area contributed by atoms with Crippen LogP contribution < -0.4 is 5.32 Å². The molecular formula is C9H13F6NO2. The Morgan fingerprint density at radius 3 is 1.78 bits per heavy atom. The van der Waals surface area contributed by atoms with E-state index >= 15 is 0 Å². The van der Waals surface area contributed by atoms with E-state index in [1.54, 1.807) is 5.32 Å². The number of hydrogen-bond acceptors (Lipinski definition) is 2. The van der Waals surface area contributed by atoms with Gasteiger partial charge in [-0.05, 0) is 12.8 Å². The molecule has 0 rings (SSSR count). The van der Waals surface area contributed by atoms with Crippen molar-refractivity contribution in [1.82, 2.24) is 5.32 Å². The molecule has 18 heavy (non-hydrogen) atoms. The van der Waals surface area contributed by atoms with E-state index in [1.807, 2.05) is 0 Å². The number of halogens is 6. The summed E-state index contributed by atoms with van der Waals surface area (Å²) >= 11 is 0. The Balaban J connectivity index is 4.91. The molecule has 3 nitrogen and oxygen atoms in total. The number of aliphatic hydroxyl groups excluding tert-OH is 1. The van der Waals surface area contributed by atoms with Crippen molar-refractivity contribution in [3.63, 3.8) is 0 Å². The Bertz CT molecular complexity index is 274. The predicted molar refractivity (Wildman–Crippen MR) is 49.5 cm³/mol. The van der Waals surface area contributed by atoms with Crippen molar-refractivity contribution in [2.75, 3.05) is 6.61 Å². The molecular weight excluding hydrogens is 268 g/mol. The predicted octanol–water partition coefficient (Wildman–Crippen LogP) is 1.86. The van der Waals surface area contributed by atoms with Crippen LogP contribution in [0, 0.1) is 11.8 Å². The maximum atomic E-state index is 12.2. The number of carbonyl (C=O) groups excluding carboxylic acids is 1. The van der Waals surface area contributed by atoms with Crippen LogP contribution >= 0.6 is 0 Å². The summed E-state index contributed by atoms with van der Waals surface area (Å²) in [6.45, 7) is 2.12. The molecule has 2 N–H and O–H groups in total. The molecule has 0 aliphatic rings. The summed E-state index contributed by atoms with van der Waals surface area (Å²) in [6.07, 6.45) is -11.4. The Labute approximate surface area is 99.2 Å². The van der Waals surface area contributed by atoms with Crippen molar-refractivity contribution in [3.8, 4) is 0 Å². The van der Waals surface area contributed by atoms with Crippen LogP contribution in [0.2, 0.25) is 0 Å². The van der Waals surface area contributed by atoms with Gasteiger partial charge in [-0.15, -0.1) is 0 Å². The van der Waals surface area contributed by atoms with Crippen molar-refractivity contribution in [1.29, 1.82) is 0 Å². The largest absolute Gasteiger partial charge is 0.409 e. The maximum Gasteiger partial charge on any atom is 0.409 e. The fourth-order valence-electron chi connectivity index (χ4n) is 1.09. The van der Waals surface area contributed by atoms with Crippen LogP contribution in [0.15, 0.2) is 0 Å². The molecule has 0 radical (unpaired) electrons. The van der Waals surface area contributed by atoms with Crippen LogP contribution in [0.3, 0.4) is 0 Å². The van der Waals surface area contributed by atoms with Gasteiger partial charge in [-0.25, -0.2) is 0 Å². The Morgan fingerprint density at radius 2 is 1.50 bits per heavy atom. The second-order valence-electron chi connectivity index (χ2n) is 3.97. The molecule has 0 aliphatic heterocycles. The average molecular weight is 281 g/mol. The monoisotopic (exact) mass is 281 g/mol. The van der Waals surface area contributed by atoms with Gasteiger partial charge >= 0.3 is 12.4 Å². The molecule has 0 aliphatic carbocycles. The van der Waals surface area contributed by atoms with Crippen LogP contribution in [0.25, 0.3) is 0 Å². The molecule has 2 unspecified atom stereocenters. The second-order valence-corrected chi connectivity index (χ2v) is 3.97. The minimum Gasteiger partial charge on any atom is -0.396 e. The van der Waals surface area contributed by atoms with E-state index in [9.17, 15) is 31.1 Å². The molecule has 0 saturated carbocycles. The molecule has 2 atom stereocenters. The number of aliphatic hydroxyl groups is 1. The molecule has 0 spiro atoms. The first kappa shape index (κ1) is 17.0. The summed E-state index contributed by atoms with van der Waals surface area (Å²) < 4.78 is 73.0. The van der Waals surface area contributed by atoms with Gasteiger partial charge in [0.15, 0.2) is 0 Å². The van der Waals surface area contributed by atoms with Crippen molar-refractivity contribution >= 4 is 5.91 Å². The fraction of sp³-hybridized carbons (Fsp3) is 0.889. The fourth-order valence-corrected chi connectivity index (χ4v) is 1.09. The van der Waals surface area contributed by atoms with Crippen molar-refractivity contribution < 1.29 is 36.2 Å². The van der Waals surface area contributed by atoms with E-state index in [0.717, 1.165) is 0 Å². The second kappa shape index (κ2) is 5.77. The van der Waals surface area contributed by atoms with Gasteiger partial charge in [0.25, 0.3) is 0 Å². The highest BCUT2D eigenvalue weighted by Gasteiger charge is 2.61. The molecule has 0 fully saturated rings. The van der Waals surface area contributed by atoms with Crippen molar-refractivity contribution in [3.05, 3.63) is 0 Å². The van der Waals surface area contributed by atoms with E-state index in [-0.39, 0.29) is 0 Å². The molecule has 0 aromatic rings. The van der Waals surface area contributed by atoms with E-state index in [1.165, 1.54) is 13.8 Å². The number of rotatable bonds is 4. The van der Waals surface area contributed by atoms with Gasteiger partial charge in [0.1, 0.15) is 0 Å². The molecule has 0 aromatic carbocycles. The number of hydrogen-bond donors (Lipinski definition) is 2. The first-order valence-electron chi connectivity index (χ1n) is 4.96. The minimum absolute atomic E-state index is 0.468. The maximum absolute atomic E-state index is 12.2. The van der Waals surface area contributed by atoms with Gasteiger partial charge < -0.3 is 10.4 Å². The van der Waals surface area contributed by atoms with Crippen molar-refractivity contribution in [2.45, 2.75) is 32.2 Å². The van der Waals surface area contributed by atoms with E-state index in [0.29, 0.717) is 0 Å². The lowest BCUT2D eigenvalue weighted by atomic mass is 10.0. The third-order valence-corrected chi connectivity index (χ3v) is 2.43. The SMILES string of the molecule is CC(CO)C(C)NC(=O)C(C(F)(F)F)C(F)(F)F. The highest BCUT2D eigenvalue weighted by Crippen LogP contribution is 2.39. The third kappa shape index (κ3) is 4.71. The number of alkyl halides is 6. The number of nitrogens with one attached hydrogen (secondary N) is 1. The summed E-state index contributed by atoms with van der Waals surface area (Å²) in [7, 11) is 0. The molecule has 0 saturated heterocycles. The average Bonchev–Trinajstić information content (AvgIpc) is 2.11. The summed E-state index contributed by atoms with van der Waals surface area (Å²) in [5.74, 6) is -6.88. The van der Waals surface area contributed by atoms with Gasteiger partial charge in [0.2, 0.25) is 11.8 Å². The minimum atomic E-state index is -5.70. The van der Waals surface area contributed by atoms with Crippen LogP contribution in [-0.2, 0) is 4.79 Å². The van der Waals surface area contributed by atoms with Crippen LogP contribution in [0.5, 0.6) is 0 Å². The van der Waals surface area contributed by atoms with Crippen LogP contribution in [0.1, 0.15) is 13.8 Å². The van der Waals surface area contributed by atoms with Gasteiger partial charge in [0, 0.05) is 12.6 Å². The van der Waals surface area contributed by atoms with Gasteiger partial charge in [-0.1, -0.05) is 6.92 Å². The zero-order valence-corrected chi connectivity index (χ0v) is 9.56. The molecule has 0 heterocycles. The van der Waals surface area contributed by atoms with Gasteiger partial charge in [-0.2, -0.15) is 26.3 Å². The molecule has 1 amide bonds. The topological polar surface area (TPSA) is 49.3 Å². The lowest BCUT2D eigenvalue weighted by Crippen LogP contribution is -2.51. The Kier molecular flexibility index (Phi) is 5.45. The standard InChI is InChI=1S/C9H13F6NO2/c1-4(3-17)5(2)16-7(18)6(8(10,11)12)9(13,14)15/h4-6,17H,3H2,1-2H3,(H,16,18). The van der Waals surface area contributed by atoms with Crippen LogP contribution in [0.4, 0.5) is 26.3 Å². The highest BCUT2D eigenvalue weighted by atomic mass is 19.4. The molecule has 108 valence electrons. The number of carbonyl (C=O) groups is 1. The van der Waals surface area contributed by atoms with Crippen molar-refractivity contribution in [2.24, 2.45) is 11.8 Å². The quantitative estimate of drug-likeness (QED) is 0.773. The normalized spacial score (nSPS) is 16.6. The first-order valence-corrected chi connectivity index (χ1v) is 4.96. The Hall–Kier alpha value is -0.990. The van der Waals surface area contributed by atoms with E-state index in [2.05, 4.69) is 0 Å². The van der Waals surface area contributed by atoms with E-state index < -0.39 is 42.7 Å². The Morgan fingerprint density at radius 1 is 1.11 bits per heavy atom. The molecule has 0 bridgehead atoms. The van der Waals surface area contributed by atoms with E-state index in [4.69, 9.17) is 5.11 Å². The lowest BCUT2D eigenvalue weighted by Gasteiger charge is -2.25. The molecule has 9 heteroatoms.